The van der Waals surface area contributed by atoms with E-state index < -0.39 is 13.0 Å². The highest BCUT2D eigenvalue weighted by Gasteiger charge is 2.22. The second-order valence-electron chi connectivity index (χ2n) is 3.82. The summed E-state index contributed by atoms with van der Waals surface area (Å²) in [6.45, 7) is 0.00317. The molecule has 1 radical (unpaired) electrons. The fraction of sp³-hybridized carbons (Fsp3) is 0.500. The summed E-state index contributed by atoms with van der Waals surface area (Å²) < 4.78 is 34.4. The molecule has 0 bridgehead atoms. The van der Waals surface area contributed by atoms with Gasteiger partial charge in [-0.25, -0.2) is 8.78 Å². The van der Waals surface area contributed by atoms with E-state index in [0.29, 0.717) is 24.0 Å². The molecule has 0 unspecified atom stereocenters. The molecule has 0 aliphatic heterocycles. The Kier molecular flexibility index (Phi) is 3.59. The molecule has 0 spiro atoms. The van der Waals surface area contributed by atoms with Gasteiger partial charge in [0.15, 0.2) is 11.5 Å². The highest BCUT2D eigenvalue weighted by Crippen LogP contribution is 2.32. The minimum absolute atomic E-state index is 0.337. The third-order valence-electron chi connectivity index (χ3n) is 2.31. The van der Waals surface area contributed by atoms with Gasteiger partial charge in [-0.1, -0.05) is 12.1 Å². The molecule has 4 heteroatoms. The number of benzene rings is 1. The summed E-state index contributed by atoms with van der Waals surface area (Å²) >= 11 is 0. The minimum Gasteiger partial charge on any atom is -0.489 e. The van der Waals surface area contributed by atoms with E-state index in [2.05, 4.69) is 6.07 Å². The molecule has 1 saturated carbocycles. The lowest BCUT2D eigenvalue weighted by molar-refractivity contribution is 0.0798. The van der Waals surface area contributed by atoms with Gasteiger partial charge in [0, 0.05) is 6.07 Å². The van der Waals surface area contributed by atoms with Crippen LogP contribution < -0.4 is 9.47 Å². The Morgan fingerprint density at radius 3 is 2.88 bits per heavy atom. The van der Waals surface area contributed by atoms with Gasteiger partial charge in [-0.3, -0.25) is 0 Å². The Hall–Kier alpha value is -1.32. The van der Waals surface area contributed by atoms with Crippen molar-refractivity contribution in [3.8, 4) is 11.5 Å². The molecule has 0 amide bonds. The molecule has 0 heterocycles. The van der Waals surface area contributed by atoms with E-state index in [-0.39, 0.29) is 0 Å². The largest absolute Gasteiger partial charge is 0.489 e. The maximum atomic E-state index is 12.0. The molecule has 16 heavy (non-hydrogen) atoms. The normalized spacial score (nSPS) is 15.2. The Morgan fingerprint density at radius 2 is 2.19 bits per heavy atom. The molecule has 0 saturated heterocycles. The van der Waals surface area contributed by atoms with Crippen LogP contribution in [-0.4, -0.2) is 19.6 Å². The number of ether oxygens (including phenoxy) is 2. The average Bonchev–Trinajstić information content (AvgIpc) is 3.08. The summed E-state index contributed by atoms with van der Waals surface area (Å²) in [4.78, 5) is 0. The first-order valence-corrected chi connectivity index (χ1v) is 5.30. The van der Waals surface area contributed by atoms with Crippen LogP contribution in [0.3, 0.4) is 0 Å². The quantitative estimate of drug-likeness (QED) is 0.744. The molecule has 0 aromatic heterocycles. The molecule has 1 aliphatic carbocycles. The van der Waals surface area contributed by atoms with Gasteiger partial charge in [0.1, 0.15) is 6.61 Å². The minimum atomic E-state index is -2.48. The lowest BCUT2D eigenvalue weighted by Gasteiger charge is -2.11. The van der Waals surface area contributed by atoms with Crippen LogP contribution in [0, 0.1) is 12.0 Å². The third-order valence-corrected chi connectivity index (χ3v) is 2.31. The maximum Gasteiger partial charge on any atom is 0.272 e. The van der Waals surface area contributed by atoms with Crippen LogP contribution in [0.25, 0.3) is 0 Å². The average molecular weight is 227 g/mol. The van der Waals surface area contributed by atoms with E-state index in [4.69, 9.17) is 9.47 Å². The fourth-order valence-electron chi connectivity index (χ4n) is 1.27. The van der Waals surface area contributed by atoms with Gasteiger partial charge in [0.05, 0.1) is 6.61 Å². The Morgan fingerprint density at radius 1 is 1.38 bits per heavy atom. The summed E-state index contributed by atoms with van der Waals surface area (Å²) in [5.74, 6) is 1.37. The first kappa shape index (κ1) is 11.2. The monoisotopic (exact) mass is 227 g/mol. The van der Waals surface area contributed by atoms with E-state index in [0.717, 1.165) is 0 Å². The summed E-state index contributed by atoms with van der Waals surface area (Å²) in [6.07, 6.45) is -0.114. The topological polar surface area (TPSA) is 18.5 Å². The third kappa shape index (κ3) is 3.36. The number of halogens is 2. The van der Waals surface area contributed by atoms with Gasteiger partial charge in [0.2, 0.25) is 0 Å². The van der Waals surface area contributed by atoms with Crippen molar-refractivity contribution in [2.45, 2.75) is 19.3 Å². The second kappa shape index (κ2) is 5.14. The number of hydrogen-bond acceptors (Lipinski definition) is 2. The van der Waals surface area contributed by atoms with Crippen molar-refractivity contribution in [1.82, 2.24) is 0 Å². The van der Waals surface area contributed by atoms with E-state index >= 15 is 0 Å². The summed E-state index contributed by atoms with van der Waals surface area (Å²) in [5, 5.41) is 0. The number of hydrogen-bond donors (Lipinski definition) is 0. The van der Waals surface area contributed by atoms with Crippen LogP contribution >= 0.6 is 0 Å². The van der Waals surface area contributed by atoms with Crippen LogP contribution in [0.15, 0.2) is 18.2 Å². The maximum absolute atomic E-state index is 12.0. The predicted molar refractivity (Wildman–Crippen MR) is 55.0 cm³/mol. The van der Waals surface area contributed by atoms with E-state index in [9.17, 15) is 8.78 Å². The molecular formula is C12H13F2O2. The van der Waals surface area contributed by atoms with Gasteiger partial charge >= 0.3 is 0 Å². The first-order valence-electron chi connectivity index (χ1n) is 5.30. The van der Waals surface area contributed by atoms with Crippen LogP contribution in [0.5, 0.6) is 11.5 Å². The summed E-state index contributed by atoms with van der Waals surface area (Å²) in [7, 11) is 0. The Labute approximate surface area is 93.2 Å². The predicted octanol–water partition coefficient (Wildman–Crippen LogP) is 2.92. The van der Waals surface area contributed by atoms with Gasteiger partial charge in [-0.05, 0) is 24.8 Å². The number of rotatable bonds is 6. The van der Waals surface area contributed by atoms with Gasteiger partial charge in [-0.15, -0.1) is 0 Å². The van der Waals surface area contributed by atoms with Crippen molar-refractivity contribution in [3.05, 3.63) is 24.3 Å². The molecular weight excluding hydrogens is 214 g/mol. The van der Waals surface area contributed by atoms with Crippen molar-refractivity contribution in [1.29, 1.82) is 0 Å². The fourth-order valence-corrected chi connectivity index (χ4v) is 1.27. The lowest BCUT2D eigenvalue weighted by Crippen LogP contribution is -2.08. The number of para-hydroxylation sites is 1. The Bertz CT molecular complexity index is 313. The van der Waals surface area contributed by atoms with E-state index in [1.54, 1.807) is 18.2 Å². The van der Waals surface area contributed by atoms with E-state index in [1.165, 1.54) is 12.8 Å². The lowest BCUT2D eigenvalue weighted by atomic mass is 10.3. The molecule has 1 aliphatic rings. The molecule has 0 atom stereocenters. The summed E-state index contributed by atoms with van der Waals surface area (Å²) in [6, 6.07) is 7.83. The SMILES string of the molecule is FC(F)COc1ccc[c]c1OCC1CC1. The zero-order valence-corrected chi connectivity index (χ0v) is 8.79. The zero-order chi connectivity index (χ0) is 11.4. The number of alkyl halides is 2. The van der Waals surface area contributed by atoms with Crippen LogP contribution in [-0.2, 0) is 0 Å². The van der Waals surface area contributed by atoms with E-state index in [1.807, 2.05) is 0 Å². The van der Waals surface area contributed by atoms with Crippen LogP contribution in [0.2, 0.25) is 0 Å². The molecule has 1 fully saturated rings. The van der Waals surface area contributed by atoms with Gasteiger partial charge in [0.25, 0.3) is 6.43 Å². The van der Waals surface area contributed by atoms with Crippen molar-refractivity contribution in [3.63, 3.8) is 0 Å². The van der Waals surface area contributed by atoms with Crippen LogP contribution in [0.1, 0.15) is 12.8 Å². The highest BCUT2D eigenvalue weighted by molar-refractivity contribution is 5.38. The molecule has 0 N–H and O–H groups in total. The van der Waals surface area contributed by atoms with Crippen molar-refractivity contribution in [2.75, 3.05) is 13.2 Å². The summed E-state index contributed by atoms with van der Waals surface area (Å²) in [5.41, 5.74) is 0. The van der Waals surface area contributed by atoms with Crippen molar-refractivity contribution in [2.24, 2.45) is 5.92 Å². The van der Waals surface area contributed by atoms with Gasteiger partial charge in [-0.2, -0.15) is 0 Å². The smallest absolute Gasteiger partial charge is 0.272 e. The second-order valence-corrected chi connectivity index (χ2v) is 3.82. The van der Waals surface area contributed by atoms with Gasteiger partial charge < -0.3 is 9.47 Å². The van der Waals surface area contributed by atoms with Crippen molar-refractivity contribution < 1.29 is 18.3 Å². The molecule has 2 nitrogen and oxygen atoms in total. The zero-order valence-electron chi connectivity index (χ0n) is 8.79. The van der Waals surface area contributed by atoms with Crippen molar-refractivity contribution >= 4 is 0 Å². The van der Waals surface area contributed by atoms with Crippen LogP contribution in [0.4, 0.5) is 8.78 Å². The molecule has 1 aromatic rings. The first-order chi connectivity index (χ1) is 7.75. The molecule has 1 aromatic carbocycles. The molecule has 87 valence electrons. The Balaban J connectivity index is 1.92. The highest BCUT2D eigenvalue weighted by atomic mass is 19.3. The molecule has 2 rings (SSSR count). The standard InChI is InChI=1S/C12H13F2O2/c13-12(14)8-16-11-4-2-1-3-10(11)15-7-9-5-6-9/h1-2,4,9,12H,5-8H2.